The predicted molar refractivity (Wildman–Crippen MR) is 84.8 cm³/mol. The van der Waals surface area contributed by atoms with Gasteiger partial charge in [-0.1, -0.05) is 11.6 Å². The van der Waals surface area contributed by atoms with Crippen molar-refractivity contribution in [2.45, 2.75) is 20.3 Å². The maximum Gasteiger partial charge on any atom is 0.314 e. The SMILES string of the molecule is Cc1nn(C)c(C)c1CC(=O)Nc1cc(Cl)cc([N+](=O)[O-])c1O. The van der Waals surface area contributed by atoms with Gasteiger partial charge < -0.3 is 10.4 Å². The number of phenols is 1. The summed E-state index contributed by atoms with van der Waals surface area (Å²) in [6.45, 7) is 3.63. The van der Waals surface area contributed by atoms with Crippen LogP contribution < -0.4 is 5.32 Å². The van der Waals surface area contributed by atoms with Crippen LogP contribution in [0.5, 0.6) is 5.75 Å². The van der Waals surface area contributed by atoms with Crippen LogP contribution in [0.15, 0.2) is 12.1 Å². The summed E-state index contributed by atoms with van der Waals surface area (Å²) in [6.07, 6.45) is 0.0330. The highest BCUT2D eigenvalue weighted by molar-refractivity contribution is 6.31. The predicted octanol–water partition coefficient (Wildman–Crippen LogP) is 2.49. The van der Waals surface area contributed by atoms with Crippen molar-refractivity contribution in [1.29, 1.82) is 0 Å². The minimum Gasteiger partial charge on any atom is -0.501 e. The molecule has 2 rings (SSSR count). The summed E-state index contributed by atoms with van der Waals surface area (Å²) in [5, 5.41) is 27.4. The fourth-order valence-electron chi connectivity index (χ4n) is 2.25. The summed E-state index contributed by atoms with van der Waals surface area (Å²) in [7, 11) is 1.77. The van der Waals surface area contributed by atoms with Gasteiger partial charge in [-0.2, -0.15) is 5.10 Å². The van der Waals surface area contributed by atoms with Gasteiger partial charge in [0.25, 0.3) is 0 Å². The van der Waals surface area contributed by atoms with Crippen molar-refractivity contribution in [3.8, 4) is 5.75 Å². The van der Waals surface area contributed by atoms with E-state index < -0.39 is 22.3 Å². The lowest BCUT2D eigenvalue weighted by Gasteiger charge is -2.08. The molecule has 8 nitrogen and oxygen atoms in total. The van der Waals surface area contributed by atoms with Crippen LogP contribution in [0.4, 0.5) is 11.4 Å². The lowest BCUT2D eigenvalue weighted by Crippen LogP contribution is -2.15. The summed E-state index contributed by atoms with van der Waals surface area (Å²) >= 11 is 5.78. The lowest BCUT2D eigenvalue weighted by atomic mass is 10.1. The third-order valence-electron chi connectivity index (χ3n) is 3.52. The monoisotopic (exact) mass is 338 g/mol. The van der Waals surface area contributed by atoms with Gasteiger partial charge in [-0.25, -0.2) is 0 Å². The molecule has 122 valence electrons. The molecular weight excluding hydrogens is 324 g/mol. The molecule has 2 aromatic rings. The number of nitro benzene ring substituents is 1. The Kier molecular flexibility index (Phi) is 4.55. The molecule has 1 heterocycles. The molecule has 23 heavy (non-hydrogen) atoms. The van der Waals surface area contributed by atoms with E-state index in [0.717, 1.165) is 23.0 Å². The second kappa shape index (κ2) is 6.25. The van der Waals surface area contributed by atoms with Crippen molar-refractivity contribution in [2.75, 3.05) is 5.32 Å². The van der Waals surface area contributed by atoms with Crippen molar-refractivity contribution < 1.29 is 14.8 Å². The highest BCUT2D eigenvalue weighted by atomic mass is 35.5. The number of amides is 1. The molecule has 2 N–H and O–H groups in total. The van der Waals surface area contributed by atoms with Crippen LogP contribution >= 0.6 is 11.6 Å². The van der Waals surface area contributed by atoms with E-state index in [2.05, 4.69) is 10.4 Å². The lowest BCUT2D eigenvalue weighted by molar-refractivity contribution is -0.385. The zero-order chi connectivity index (χ0) is 17.3. The second-order valence-electron chi connectivity index (χ2n) is 5.08. The summed E-state index contributed by atoms with van der Waals surface area (Å²) < 4.78 is 1.67. The van der Waals surface area contributed by atoms with Crippen LogP contribution in [0.2, 0.25) is 5.02 Å². The highest BCUT2D eigenvalue weighted by Crippen LogP contribution is 2.37. The number of carbonyl (C=O) groups excluding carboxylic acids is 1. The molecule has 0 aliphatic carbocycles. The number of aryl methyl sites for hydroxylation is 2. The molecule has 0 spiro atoms. The fraction of sp³-hybridized carbons (Fsp3) is 0.286. The van der Waals surface area contributed by atoms with Gasteiger partial charge in [-0.3, -0.25) is 19.6 Å². The third-order valence-corrected chi connectivity index (χ3v) is 3.74. The smallest absolute Gasteiger partial charge is 0.314 e. The maximum absolute atomic E-state index is 12.2. The fourth-order valence-corrected chi connectivity index (χ4v) is 2.46. The topological polar surface area (TPSA) is 110 Å². The van der Waals surface area contributed by atoms with E-state index in [4.69, 9.17) is 11.6 Å². The zero-order valence-corrected chi connectivity index (χ0v) is 13.5. The molecule has 0 saturated heterocycles. The number of aromatic hydroxyl groups is 1. The summed E-state index contributed by atoms with van der Waals surface area (Å²) in [5.74, 6) is -1.07. The van der Waals surface area contributed by atoms with Crippen LogP contribution in [0.25, 0.3) is 0 Å². The van der Waals surface area contributed by atoms with E-state index in [1.807, 2.05) is 6.92 Å². The van der Waals surface area contributed by atoms with Crippen LogP contribution in [0.3, 0.4) is 0 Å². The summed E-state index contributed by atoms with van der Waals surface area (Å²) in [4.78, 5) is 22.3. The average Bonchev–Trinajstić information content (AvgIpc) is 2.68. The first kappa shape index (κ1) is 16.8. The molecule has 1 amide bonds. The number of nitrogens with one attached hydrogen (secondary N) is 1. The Hall–Kier alpha value is -2.61. The third kappa shape index (κ3) is 3.42. The average molecular weight is 339 g/mol. The number of benzene rings is 1. The minimum absolute atomic E-state index is 0.0330. The van der Waals surface area contributed by atoms with Crippen molar-refractivity contribution in [3.63, 3.8) is 0 Å². The molecule has 0 bridgehead atoms. The number of hydrogen-bond donors (Lipinski definition) is 2. The second-order valence-corrected chi connectivity index (χ2v) is 5.51. The van der Waals surface area contributed by atoms with Crippen molar-refractivity contribution in [2.24, 2.45) is 7.05 Å². The van der Waals surface area contributed by atoms with Crippen LogP contribution in [-0.2, 0) is 18.3 Å². The van der Waals surface area contributed by atoms with E-state index >= 15 is 0 Å². The van der Waals surface area contributed by atoms with Gasteiger partial charge in [-0.15, -0.1) is 0 Å². The Morgan fingerprint density at radius 1 is 1.48 bits per heavy atom. The van der Waals surface area contributed by atoms with Crippen molar-refractivity contribution >= 4 is 28.9 Å². The van der Waals surface area contributed by atoms with Gasteiger partial charge in [0.2, 0.25) is 11.7 Å². The van der Waals surface area contributed by atoms with Crippen LogP contribution in [0, 0.1) is 24.0 Å². The minimum atomic E-state index is -0.772. The van der Waals surface area contributed by atoms with Crippen LogP contribution in [-0.4, -0.2) is 25.7 Å². The quantitative estimate of drug-likeness (QED) is 0.505. The van der Waals surface area contributed by atoms with Gasteiger partial charge in [0, 0.05) is 29.4 Å². The number of nitrogens with zero attached hydrogens (tertiary/aromatic N) is 3. The van der Waals surface area contributed by atoms with E-state index in [-0.39, 0.29) is 17.1 Å². The van der Waals surface area contributed by atoms with E-state index in [9.17, 15) is 20.0 Å². The number of rotatable bonds is 4. The standard InChI is InChI=1S/C14H15ClN4O4/c1-7-10(8(2)18(3)17-7)6-13(20)16-11-4-9(15)5-12(14(11)21)19(22)23/h4-5,21H,6H2,1-3H3,(H,16,20). The van der Waals surface area contributed by atoms with E-state index in [0.29, 0.717) is 0 Å². The van der Waals surface area contributed by atoms with Crippen molar-refractivity contribution in [1.82, 2.24) is 9.78 Å². The van der Waals surface area contributed by atoms with Gasteiger partial charge in [0.15, 0.2) is 0 Å². The number of carbonyl (C=O) groups is 1. The van der Waals surface area contributed by atoms with Crippen LogP contribution in [0.1, 0.15) is 17.0 Å². The first-order valence-electron chi connectivity index (χ1n) is 6.66. The molecule has 0 atom stereocenters. The Morgan fingerprint density at radius 2 is 2.13 bits per heavy atom. The number of anilines is 1. The first-order valence-corrected chi connectivity index (χ1v) is 7.04. The van der Waals surface area contributed by atoms with E-state index in [1.54, 1.807) is 18.7 Å². The summed E-state index contributed by atoms with van der Waals surface area (Å²) in [5.41, 5.74) is 1.66. The molecule has 9 heteroatoms. The normalized spacial score (nSPS) is 10.6. The number of nitro groups is 1. The first-order chi connectivity index (χ1) is 10.7. The molecule has 0 fully saturated rings. The summed E-state index contributed by atoms with van der Waals surface area (Å²) in [6, 6.07) is 2.27. The molecule has 1 aromatic carbocycles. The van der Waals surface area contributed by atoms with Crippen molar-refractivity contribution in [3.05, 3.63) is 44.2 Å². The molecule has 1 aromatic heterocycles. The Labute approximate surface area is 136 Å². The maximum atomic E-state index is 12.2. The van der Waals surface area contributed by atoms with E-state index in [1.165, 1.54) is 6.07 Å². The molecule has 0 aliphatic rings. The zero-order valence-electron chi connectivity index (χ0n) is 12.8. The Morgan fingerprint density at radius 3 is 2.65 bits per heavy atom. The molecular formula is C14H15ClN4O4. The number of aromatic nitrogens is 2. The Bertz CT molecular complexity index is 801. The Balaban J connectivity index is 2.26. The molecule has 0 aliphatic heterocycles. The van der Waals surface area contributed by atoms with Gasteiger partial charge in [0.05, 0.1) is 22.7 Å². The molecule has 0 unspecified atom stereocenters. The molecule has 0 saturated carbocycles. The molecule has 0 radical (unpaired) electrons. The number of phenolic OH excluding ortho intramolecular Hbond substituents is 1. The van der Waals surface area contributed by atoms with Gasteiger partial charge in [-0.05, 0) is 19.9 Å². The number of hydrogen-bond acceptors (Lipinski definition) is 5. The van der Waals surface area contributed by atoms with Gasteiger partial charge in [0.1, 0.15) is 0 Å². The highest BCUT2D eigenvalue weighted by Gasteiger charge is 2.21. The van der Waals surface area contributed by atoms with Gasteiger partial charge >= 0.3 is 5.69 Å². The largest absolute Gasteiger partial charge is 0.501 e. The number of halogens is 1.